The first-order valence-electron chi connectivity index (χ1n) is 7.29. The van der Waals surface area contributed by atoms with E-state index in [1.54, 1.807) is 24.3 Å². The number of hydrogen-bond donors (Lipinski definition) is 2. The number of carbonyl (C=O) groups is 1. The first-order valence-corrected chi connectivity index (χ1v) is 9.15. The Balaban J connectivity index is 1.90. The molecule has 2 N–H and O–H groups in total. The maximum atomic E-state index is 11.9. The highest BCUT2D eigenvalue weighted by Crippen LogP contribution is 2.16. The van der Waals surface area contributed by atoms with Crippen LogP contribution in [0.25, 0.3) is 0 Å². The van der Waals surface area contributed by atoms with Crippen molar-refractivity contribution >= 4 is 33.2 Å². The van der Waals surface area contributed by atoms with Gasteiger partial charge in [0, 0.05) is 17.3 Å². The van der Waals surface area contributed by atoms with Crippen LogP contribution >= 0.6 is 11.6 Å². The van der Waals surface area contributed by atoms with Gasteiger partial charge in [-0.2, -0.15) is 0 Å². The van der Waals surface area contributed by atoms with Gasteiger partial charge >= 0.3 is 0 Å². The Kier molecular flexibility index (Phi) is 6.58. The summed E-state index contributed by atoms with van der Waals surface area (Å²) in [7, 11) is -3.59. The van der Waals surface area contributed by atoms with E-state index in [0.29, 0.717) is 16.5 Å². The molecule has 2 aromatic carbocycles. The fourth-order valence-corrected chi connectivity index (χ4v) is 2.97. The number of nitrogens with one attached hydrogen (secondary N) is 2. The van der Waals surface area contributed by atoms with Crippen molar-refractivity contribution in [3.8, 4) is 5.75 Å². The molecular formula is C17H17ClN2O4S. The van der Waals surface area contributed by atoms with Crippen LogP contribution in [0.3, 0.4) is 0 Å². The lowest BCUT2D eigenvalue weighted by Gasteiger charge is -2.09. The van der Waals surface area contributed by atoms with E-state index in [4.69, 9.17) is 16.3 Å². The molecule has 0 heterocycles. The normalized spacial score (nSPS) is 10.9. The quantitative estimate of drug-likeness (QED) is 0.690. The third kappa shape index (κ3) is 5.90. The summed E-state index contributed by atoms with van der Waals surface area (Å²) >= 11 is 5.77. The Labute approximate surface area is 151 Å². The van der Waals surface area contributed by atoms with Crippen molar-refractivity contribution in [1.82, 2.24) is 4.72 Å². The zero-order valence-electron chi connectivity index (χ0n) is 13.2. The van der Waals surface area contributed by atoms with E-state index in [1.807, 2.05) is 0 Å². The largest absolute Gasteiger partial charge is 0.484 e. The van der Waals surface area contributed by atoms with Crippen molar-refractivity contribution in [3.63, 3.8) is 0 Å². The van der Waals surface area contributed by atoms with E-state index in [9.17, 15) is 13.2 Å². The summed E-state index contributed by atoms with van der Waals surface area (Å²) in [5, 5.41) is 3.20. The molecule has 132 valence electrons. The number of rotatable bonds is 8. The molecule has 0 radical (unpaired) electrons. The number of amides is 1. The van der Waals surface area contributed by atoms with Crippen LogP contribution in [0.1, 0.15) is 0 Å². The highest BCUT2D eigenvalue weighted by molar-refractivity contribution is 7.89. The molecule has 0 aromatic heterocycles. The van der Waals surface area contributed by atoms with E-state index >= 15 is 0 Å². The highest BCUT2D eigenvalue weighted by atomic mass is 35.5. The van der Waals surface area contributed by atoms with Gasteiger partial charge in [0.05, 0.1) is 4.90 Å². The van der Waals surface area contributed by atoms with Crippen LogP contribution in [-0.2, 0) is 14.8 Å². The van der Waals surface area contributed by atoms with Crippen LogP contribution in [0.15, 0.2) is 66.1 Å². The molecule has 0 spiro atoms. The maximum absolute atomic E-state index is 11.9. The number of benzene rings is 2. The molecule has 0 unspecified atom stereocenters. The summed E-state index contributed by atoms with van der Waals surface area (Å²) in [5.41, 5.74) is 0.465. The third-order valence-electron chi connectivity index (χ3n) is 3.05. The van der Waals surface area contributed by atoms with Crippen LogP contribution in [0.2, 0.25) is 5.02 Å². The van der Waals surface area contributed by atoms with Gasteiger partial charge < -0.3 is 10.1 Å². The molecule has 0 aliphatic rings. The topological polar surface area (TPSA) is 84.5 Å². The van der Waals surface area contributed by atoms with Crippen molar-refractivity contribution in [3.05, 3.63) is 66.2 Å². The second-order valence-electron chi connectivity index (χ2n) is 4.96. The minimum absolute atomic E-state index is 0.102. The van der Waals surface area contributed by atoms with E-state index in [2.05, 4.69) is 16.6 Å². The Hall–Kier alpha value is -2.35. The fraction of sp³-hybridized carbons (Fsp3) is 0.118. The SMILES string of the molecule is C=CCNS(=O)(=O)c1ccc(NC(=O)COc2ccc(Cl)cc2)cc1. The van der Waals surface area contributed by atoms with Crippen LogP contribution in [-0.4, -0.2) is 27.5 Å². The number of hydrogen-bond acceptors (Lipinski definition) is 4. The molecule has 25 heavy (non-hydrogen) atoms. The Bertz CT molecular complexity index is 834. The van der Waals surface area contributed by atoms with Crippen LogP contribution in [0.4, 0.5) is 5.69 Å². The number of ether oxygens (including phenoxy) is 1. The van der Waals surface area contributed by atoms with E-state index in [1.165, 1.54) is 30.3 Å². The third-order valence-corrected chi connectivity index (χ3v) is 4.74. The molecule has 0 saturated heterocycles. The van der Waals surface area contributed by atoms with Crippen molar-refractivity contribution in [2.24, 2.45) is 0 Å². The number of halogens is 1. The summed E-state index contributed by atoms with van der Waals surface area (Å²) in [5.74, 6) is 0.157. The first-order chi connectivity index (χ1) is 11.9. The van der Waals surface area contributed by atoms with Gasteiger partial charge in [-0.1, -0.05) is 17.7 Å². The molecule has 0 bridgehead atoms. The minimum atomic E-state index is -3.59. The molecule has 1 amide bonds. The predicted octanol–water partition coefficient (Wildman–Crippen LogP) is 2.82. The van der Waals surface area contributed by atoms with Gasteiger partial charge in [0.2, 0.25) is 10.0 Å². The molecule has 0 saturated carbocycles. The van der Waals surface area contributed by atoms with Crippen molar-refractivity contribution in [2.75, 3.05) is 18.5 Å². The van der Waals surface area contributed by atoms with Gasteiger partial charge in [-0.25, -0.2) is 13.1 Å². The monoisotopic (exact) mass is 380 g/mol. The van der Waals surface area contributed by atoms with Crippen molar-refractivity contribution in [1.29, 1.82) is 0 Å². The standard InChI is InChI=1S/C17H17ClN2O4S/c1-2-11-19-25(22,23)16-9-5-14(6-10-16)20-17(21)12-24-15-7-3-13(18)4-8-15/h2-10,19H,1,11-12H2,(H,20,21). The predicted molar refractivity (Wildman–Crippen MR) is 97.4 cm³/mol. The fourth-order valence-electron chi connectivity index (χ4n) is 1.85. The minimum Gasteiger partial charge on any atom is -0.484 e. The van der Waals surface area contributed by atoms with Crippen LogP contribution in [0.5, 0.6) is 5.75 Å². The van der Waals surface area contributed by atoms with Crippen LogP contribution in [0, 0.1) is 0 Å². The lowest BCUT2D eigenvalue weighted by molar-refractivity contribution is -0.118. The summed E-state index contributed by atoms with van der Waals surface area (Å²) in [6.07, 6.45) is 1.45. The molecule has 0 fully saturated rings. The zero-order valence-corrected chi connectivity index (χ0v) is 14.8. The zero-order chi connectivity index (χ0) is 18.3. The number of carbonyl (C=O) groups excluding carboxylic acids is 1. The first kappa shape index (κ1) is 19.0. The lowest BCUT2D eigenvalue weighted by atomic mass is 10.3. The maximum Gasteiger partial charge on any atom is 0.262 e. The van der Waals surface area contributed by atoms with E-state index in [-0.39, 0.29) is 24.0 Å². The van der Waals surface area contributed by atoms with Gasteiger partial charge in [-0.3, -0.25) is 4.79 Å². The second-order valence-corrected chi connectivity index (χ2v) is 7.16. The molecule has 0 aliphatic carbocycles. The Morgan fingerprint density at radius 2 is 1.76 bits per heavy atom. The van der Waals surface area contributed by atoms with Gasteiger partial charge in [-0.15, -0.1) is 6.58 Å². The van der Waals surface area contributed by atoms with Gasteiger partial charge in [0.15, 0.2) is 6.61 Å². The summed E-state index contributed by atoms with van der Waals surface area (Å²) < 4.78 is 31.6. The molecular weight excluding hydrogens is 364 g/mol. The average Bonchev–Trinajstić information content (AvgIpc) is 2.60. The molecule has 0 atom stereocenters. The smallest absolute Gasteiger partial charge is 0.262 e. The van der Waals surface area contributed by atoms with Gasteiger partial charge in [0.25, 0.3) is 5.91 Å². The summed E-state index contributed by atoms with van der Waals surface area (Å²) in [6.45, 7) is 3.42. The van der Waals surface area contributed by atoms with Crippen molar-refractivity contribution in [2.45, 2.75) is 4.90 Å². The van der Waals surface area contributed by atoms with E-state index < -0.39 is 10.0 Å². The van der Waals surface area contributed by atoms with Gasteiger partial charge in [-0.05, 0) is 48.5 Å². The number of sulfonamides is 1. The molecule has 2 rings (SSSR count). The molecule has 2 aromatic rings. The highest BCUT2D eigenvalue weighted by Gasteiger charge is 2.12. The second kappa shape index (κ2) is 8.66. The molecule has 0 aliphatic heterocycles. The van der Waals surface area contributed by atoms with Crippen molar-refractivity contribution < 1.29 is 17.9 Å². The molecule has 6 nitrogen and oxygen atoms in total. The number of anilines is 1. The van der Waals surface area contributed by atoms with Gasteiger partial charge in [0.1, 0.15) is 5.75 Å². The average molecular weight is 381 g/mol. The lowest BCUT2D eigenvalue weighted by Crippen LogP contribution is -2.23. The Morgan fingerprint density at radius 3 is 2.36 bits per heavy atom. The summed E-state index contributed by atoms with van der Waals surface area (Å²) in [4.78, 5) is 12.0. The molecule has 8 heteroatoms. The van der Waals surface area contributed by atoms with Crippen LogP contribution < -0.4 is 14.8 Å². The summed E-state index contributed by atoms with van der Waals surface area (Å²) in [6, 6.07) is 12.5. The Morgan fingerprint density at radius 1 is 1.12 bits per heavy atom. The van der Waals surface area contributed by atoms with E-state index in [0.717, 1.165) is 0 Å².